The van der Waals surface area contributed by atoms with Crippen LogP contribution in [0.25, 0.3) is 0 Å². The molecule has 68 valence electrons. The van der Waals surface area contributed by atoms with Gasteiger partial charge in [-0.25, -0.2) is 0 Å². The second kappa shape index (κ2) is 4.68. The molecule has 0 unspecified atom stereocenters. The van der Waals surface area contributed by atoms with Crippen LogP contribution >= 0.6 is 11.6 Å². The molecule has 1 rings (SSSR count). The van der Waals surface area contributed by atoms with E-state index >= 15 is 0 Å². The number of carbonyl (C=O) groups is 1. The Morgan fingerprint density at radius 2 is 2.31 bits per heavy atom. The van der Waals surface area contributed by atoms with Crippen molar-refractivity contribution >= 4 is 27.6 Å². The first kappa shape index (κ1) is 10.6. The number of benzene rings is 1. The number of rotatable bonds is 2. The number of hydrogen-bond donors (Lipinski definition) is 1. The van der Waals surface area contributed by atoms with Gasteiger partial charge in [0.15, 0.2) is 0 Å². The molecule has 0 aliphatic heterocycles. The summed E-state index contributed by atoms with van der Waals surface area (Å²) in [5.74, 6) is -0.0725. The van der Waals surface area contributed by atoms with Gasteiger partial charge in [0.2, 0.25) is 0 Å². The van der Waals surface area contributed by atoms with Crippen LogP contribution in [0.1, 0.15) is 5.56 Å². The van der Waals surface area contributed by atoms with E-state index in [2.05, 4.69) is 5.32 Å². The number of hydrogen-bond acceptors (Lipinski definition) is 1. The van der Waals surface area contributed by atoms with Gasteiger partial charge in [0.25, 0.3) is 0 Å². The van der Waals surface area contributed by atoms with Crippen LogP contribution < -0.4 is 5.32 Å². The Hall–Kier alpha value is -0.462. The summed E-state index contributed by atoms with van der Waals surface area (Å²) in [4.78, 5) is 11.0. The topological polar surface area (TPSA) is 29.1 Å². The van der Waals surface area contributed by atoms with Crippen molar-refractivity contribution < 1.29 is 24.1 Å². The molecule has 1 N–H and O–H groups in total. The Morgan fingerprint density at radius 1 is 1.62 bits per heavy atom. The van der Waals surface area contributed by atoms with E-state index in [0.29, 0.717) is 5.02 Å². The van der Waals surface area contributed by atoms with Crippen molar-refractivity contribution in [3.63, 3.8) is 0 Å². The summed E-state index contributed by atoms with van der Waals surface area (Å²) in [6.07, 6.45) is 0. The summed E-state index contributed by atoms with van der Waals surface area (Å²) >= 11 is 6.97. The maximum atomic E-state index is 11.0. The van der Waals surface area contributed by atoms with Crippen molar-refractivity contribution in [2.45, 2.75) is 6.92 Å². The normalized spacial score (nSPS) is 9.38. The van der Waals surface area contributed by atoms with Crippen LogP contribution in [-0.4, -0.2) is 10.3 Å². The van der Waals surface area contributed by atoms with Crippen LogP contribution in [-0.2, 0) is 24.1 Å². The molecule has 2 nitrogen and oxygen atoms in total. The maximum absolute atomic E-state index is 11.0. The van der Waals surface area contributed by atoms with Crippen LogP contribution in [0.5, 0.6) is 0 Å². The van der Waals surface area contributed by atoms with Gasteiger partial charge in [0, 0.05) is 0 Å². The zero-order valence-electron chi connectivity index (χ0n) is 7.00. The predicted molar refractivity (Wildman–Crippen MR) is 50.9 cm³/mol. The first-order chi connectivity index (χ1) is 6.13. The van der Waals surface area contributed by atoms with Crippen LogP contribution in [0.4, 0.5) is 5.69 Å². The Kier molecular flexibility index (Phi) is 3.83. The minimum absolute atomic E-state index is 0.0725. The minimum atomic E-state index is -0.0725. The molecule has 1 amide bonds. The van der Waals surface area contributed by atoms with E-state index in [1.165, 1.54) is 0 Å². The second-order valence-electron chi connectivity index (χ2n) is 2.57. The summed E-state index contributed by atoms with van der Waals surface area (Å²) in [5, 5.41) is 3.44. The molecule has 0 saturated heterocycles. The van der Waals surface area contributed by atoms with Gasteiger partial charge in [-0.3, -0.25) is 0 Å². The molecular weight excluding hydrogens is 357 g/mol. The van der Waals surface area contributed by atoms with Crippen LogP contribution in [0, 0.1) is 6.92 Å². The fourth-order valence-electron chi connectivity index (χ4n) is 0.894. The fraction of sp³-hybridized carbons (Fsp3) is 0.111. The van der Waals surface area contributed by atoms with Gasteiger partial charge in [-0.15, -0.1) is 0 Å². The molecule has 0 saturated carbocycles. The summed E-state index contributed by atoms with van der Waals surface area (Å²) in [6.45, 7) is 1.90. The number of anilines is 1. The van der Waals surface area contributed by atoms with Crippen molar-refractivity contribution in [2.75, 3.05) is 5.32 Å². The quantitative estimate of drug-likeness (QED) is 0.853. The molecule has 0 aromatic heterocycles. The number of aryl methyl sites for hydroxylation is 1. The molecule has 0 radical (unpaired) electrons. The molecule has 0 aliphatic carbocycles. The molecular formula is C9H8ClNOW. The van der Waals surface area contributed by atoms with Crippen molar-refractivity contribution in [1.29, 1.82) is 0 Å². The average molecular weight is 365 g/mol. The Labute approximate surface area is 92.7 Å². The van der Waals surface area contributed by atoms with Crippen molar-refractivity contribution in [3.8, 4) is 0 Å². The monoisotopic (exact) mass is 365 g/mol. The van der Waals surface area contributed by atoms with Gasteiger partial charge < -0.3 is 0 Å². The molecule has 0 bridgehead atoms. The van der Waals surface area contributed by atoms with E-state index in [1.807, 2.05) is 13.0 Å². The predicted octanol–water partition coefficient (Wildman–Crippen LogP) is 1.94. The zero-order valence-corrected chi connectivity index (χ0v) is 10.7. The van der Waals surface area contributed by atoms with Crippen LogP contribution in [0.15, 0.2) is 18.2 Å². The molecule has 13 heavy (non-hydrogen) atoms. The van der Waals surface area contributed by atoms with Gasteiger partial charge in [-0.1, -0.05) is 0 Å². The van der Waals surface area contributed by atoms with E-state index in [1.54, 1.807) is 16.5 Å². The first-order valence-corrected chi connectivity index (χ1v) is 5.73. The molecule has 1 aromatic rings. The zero-order chi connectivity index (χ0) is 9.84. The summed E-state index contributed by atoms with van der Waals surface area (Å²) in [7, 11) is 0. The second-order valence-corrected chi connectivity index (χ2v) is 3.83. The van der Waals surface area contributed by atoms with Gasteiger partial charge in [-0.05, 0) is 0 Å². The van der Waals surface area contributed by atoms with Gasteiger partial charge >= 0.3 is 92.8 Å². The van der Waals surface area contributed by atoms with Crippen LogP contribution in [0.3, 0.4) is 0 Å². The molecule has 0 heterocycles. The Balaban J connectivity index is 2.85. The van der Waals surface area contributed by atoms with Gasteiger partial charge in [0.1, 0.15) is 0 Å². The van der Waals surface area contributed by atoms with E-state index < -0.39 is 0 Å². The summed E-state index contributed by atoms with van der Waals surface area (Å²) in [5.41, 5.74) is 1.74. The van der Waals surface area contributed by atoms with Gasteiger partial charge in [-0.2, -0.15) is 0 Å². The van der Waals surface area contributed by atoms with Crippen LogP contribution in [0.2, 0.25) is 5.02 Å². The number of nitrogens with one attached hydrogen (secondary N) is 1. The fourth-order valence-corrected chi connectivity index (χ4v) is 1.22. The molecule has 4 heteroatoms. The number of amides is 1. The van der Waals surface area contributed by atoms with Gasteiger partial charge in [0.05, 0.1) is 0 Å². The standard InChI is InChI=1S/C9H8ClNO.W/c1-6-5-8(11-7(2)12)3-4-9(6)10;/h2-5H,1H3,(H,11,12);. The molecule has 0 atom stereocenters. The molecule has 0 aliphatic rings. The summed E-state index contributed by atoms with van der Waals surface area (Å²) in [6, 6.07) is 5.40. The SMILES string of the molecule is Cc1cc(NC(=O)[CH]=[W])ccc1Cl. The molecule has 0 spiro atoms. The number of halogens is 1. The third kappa shape index (κ3) is 3.05. The summed E-state index contributed by atoms with van der Waals surface area (Å²) < 4.78 is 1.56. The Morgan fingerprint density at radius 3 is 2.85 bits per heavy atom. The van der Waals surface area contributed by atoms with Crippen molar-refractivity contribution in [3.05, 3.63) is 28.8 Å². The van der Waals surface area contributed by atoms with E-state index in [4.69, 9.17) is 11.6 Å². The van der Waals surface area contributed by atoms with Crippen molar-refractivity contribution in [1.82, 2.24) is 0 Å². The molecule has 0 fully saturated rings. The van der Waals surface area contributed by atoms with E-state index in [-0.39, 0.29) is 5.91 Å². The average Bonchev–Trinajstić information content (AvgIpc) is 2.11. The third-order valence-corrected chi connectivity index (χ3v) is 2.73. The number of carbonyl (C=O) groups excluding carboxylic acids is 1. The van der Waals surface area contributed by atoms with E-state index in [0.717, 1.165) is 30.6 Å². The third-order valence-electron chi connectivity index (χ3n) is 1.53. The van der Waals surface area contributed by atoms with E-state index in [9.17, 15) is 4.79 Å². The Bertz CT molecular complexity index is 351. The molecule has 1 aromatic carbocycles. The first-order valence-electron chi connectivity index (χ1n) is 3.66. The van der Waals surface area contributed by atoms with Crippen molar-refractivity contribution in [2.24, 2.45) is 0 Å².